The van der Waals surface area contributed by atoms with Gasteiger partial charge in [0.05, 0.1) is 0 Å². The molecule has 0 radical (unpaired) electrons. The van der Waals surface area contributed by atoms with Crippen LogP contribution in [0.1, 0.15) is 52.9 Å². The number of likely N-dealkylation sites (N-methyl/N-ethyl adjacent to an activating group) is 1. The summed E-state index contributed by atoms with van der Waals surface area (Å²) in [5.41, 5.74) is 5.93. The maximum absolute atomic E-state index is 5.93. The Kier molecular flexibility index (Phi) is 5.77. The lowest BCUT2D eigenvalue weighted by Gasteiger charge is -2.35. The van der Waals surface area contributed by atoms with Crippen LogP contribution in [0, 0.1) is 11.8 Å². The molecule has 0 aromatic heterocycles. The van der Waals surface area contributed by atoms with E-state index >= 15 is 0 Å². The van der Waals surface area contributed by atoms with Gasteiger partial charge in [-0.2, -0.15) is 0 Å². The van der Waals surface area contributed by atoms with E-state index in [0.29, 0.717) is 6.04 Å². The first-order valence-electron chi connectivity index (χ1n) is 7.05. The molecule has 3 atom stereocenters. The average Bonchev–Trinajstić information content (AvgIpc) is 3.10. The normalized spacial score (nSPS) is 22.1. The molecule has 3 unspecified atom stereocenters. The molecule has 0 spiro atoms. The second kappa shape index (κ2) is 6.61. The summed E-state index contributed by atoms with van der Waals surface area (Å²) < 4.78 is 0. The van der Waals surface area contributed by atoms with Crippen LogP contribution in [0.15, 0.2) is 0 Å². The van der Waals surface area contributed by atoms with Crippen molar-refractivity contribution < 1.29 is 0 Å². The first-order chi connectivity index (χ1) is 7.63. The van der Waals surface area contributed by atoms with Gasteiger partial charge >= 0.3 is 0 Å². The Bertz CT molecular complexity index is 189. The summed E-state index contributed by atoms with van der Waals surface area (Å²) in [7, 11) is 2.28. The van der Waals surface area contributed by atoms with Crippen molar-refractivity contribution in [3.8, 4) is 0 Å². The molecule has 0 aliphatic heterocycles. The van der Waals surface area contributed by atoms with E-state index in [1.54, 1.807) is 0 Å². The van der Waals surface area contributed by atoms with Crippen molar-refractivity contribution in [2.75, 3.05) is 13.6 Å². The number of nitrogens with two attached hydrogens (primary N) is 1. The minimum absolute atomic E-state index is 0.633. The Labute approximate surface area is 102 Å². The van der Waals surface area contributed by atoms with E-state index in [1.807, 2.05) is 0 Å². The van der Waals surface area contributed by atoms with Crippen molar-refractivity contribution in [2.45, 2.75) is 65.0 Å². The third-order valence-electron chi connectivity index (χ3n) is 4.35. The summed E-state index contributed by atoms with van der Waals surface area (Å²) in [6.45, 7) is 7.80. The molecule has 1 saturated carbocycles. The highest BCUT2D eigenvalue weighted by atomic mass is 15.2. The van der Waals surface area contributed by atoms with Gasteiger partial charge < -0.3 is 5.73 Å². The molecule has 1 fully saturated rings. The zero-order valence-electron chi connectivity index (χ0n) is 11.6. The van der Waals surface area contributed by atoms with Gasteiger partial charge in [0, 0.05) is 18.6 Å². The van der Waals surface area contributed by atoms with Crippen LogP contribution in [-0.2, 0) is 0 Å². The number of nitrogens with zero attached hydrogens (tertiary/aromatic N) is 1. The Morgan fingerprint density at radius 1 is 1.25 bits per heavy atom. The van der Waals surface area contributed by atoms with E-state index in [1.165, 1.54) is 32.1 Å². The highest BCUT2D eigenvalue weighted by Gasteiger charge is 2.35. The average molecular weight is 226 g/mol. The van der Waals surface area contributed by atoms with Crippen LogP contribution in [0.2, 0.25) is 0 Å². The Morgan fingerprint density at radius 3 is 2.25 bits per heavy atom. The van der Waals surface area contributed by atoms with Gasteiger partial charge in [-0.25, -0.2) is 0 Å². The molecular formula is C14H30N2. The zero-order chi connectivity index (χ0) is 12.1. The van der Waals surface area contributed by atoms with Crippen LogP contribution in [0.3, 0.4) is 0 Å². The Hall–Kier alpha value is -0.0800. The fourth-order valence-corrected chi connectivity index (χ4v) is 2.70. The maximum Gasteiger partial charge on any atom is 0.0246 e. The molecule has 2 heteroatoms. The lowest BCUT2D eigenvalue weighted by Crippen LogP contribution is -2.46. The summed E-state index contributed by atoms with van der Waals surface area (Å²) in [5.74, 6) is 1.73. The van der Waals surface area contributed by atoms with Gasteiger partial charge in [0.2, 0.25) is 0 Å². The van der Waals surface area contributed by atoms with E-state index in [4.69, 9.17) is 5.73 Å². The molecular weight excluding hydrogens is 196 g/mol. The lowest BCUT2D eigenvalue weighted by molar-refractivity contribution is 0.134. The second-order valence-electron chi connectivity index (χ2n) is 5.62. The van der Waals surface area contributed by atoms with Gasteiger partial charge in [-0.1, -0.05) is 27.2 Å². The Morgan fingerprint density at radius 2 is 1.88 bits per heavy atom. The van der Waals surface area contributed by atoms with Crippen LogP contribution in [0.4, 0.5) is 0 Å². The molecule has 0 aromatic carbocycles. The van der Waals surface area contributed by atoms with Crippen molar-refractivity contribution in [1.29, 1.82) is 0 Å². The molecule has 16 heavy (non-hydrogen) atoms. The molecule has 96 valence electrons. The topological polar surface area (TPSA) is 29.3 Å². The standard InChI is InChI=1S/C14H30N2/c1-5-11(3)9-13(6-2)16(4)14(10-15)12-7-8-12/h11-14H,5-10,15H2,1-4H3. The van der Waals surface area contributed by atoms with Crippen molar-refractivity contribution >= 4 is 0 Å². The minimum atomic E-state index is 0.633. The first-order valence-corrected chi connectivity index (χ1v) is 7.05. The molecule has 1 aliphatic rings. The predicted molar refractivity (Wildman–Crippen MR) is 71.5 cm³/mol. The summed E-state index contributed by atoms with van der Waals surface area (Å²) in [5, 5.41) is 0. The highest BCUT2D eigenvalue weighted by Crippen LogP contribution is 2.36. The minimum Gasteiger partial charge on any atom is -0.329 e. The van der Waals surface area contributed by atoms with Crippen molar-refractivity contribution in [3.63, 3.8) is 0 Å². The summed E-state index contributed by atoms with van der Waals surface area (Å²) in [6, 6.07) is 1.36. The smallest absolute Gasteiger partial charge is 0.0246 e. The predicted octanol–water partition coefficient (Wildman–Crippen LogP) is 2.87. The molecule has 0 saturated heterocycles. The fraction of sp³-hybridized carbons (Fsp3) is 1.00. The van der Waals surface area contributed by atoms with Gasteiger partial charge in [0.25, 0.3) is 0 Å². The third-order valence-corrected chi connectivity index (χ3v) is 4.35. The van der Waals surface area contributed by atoms with Crippen LogP contribution in [0.25, 0.3) is 0 Å². The summed E-state index contributed by atoms with van der Waals surface area (Å²) >= 11 is 0. The molecule has 2 nitrogen and oxygen atoms in total. The third kappa shape index (κ3) is 3.74. The molecule has 0 bridgehead atoms. The van der Waals surface area contributed by atoms with Crippen LogP contribution >= 0.6 is 0 Å². The lowest BCUT2D eigenvalue weighted by atomic mass is 9.95. The quantitative estimate of drug-likeness (QED) is 0.689. The molecule has 2 N–H and O–H groups in total. The first kappa shape index (κ1) is 14.0. The van der Waals surface area contributed by atoms with Crippen LogP contribution < -0.4 is 5.73 Å². The Balaban J connectivity index is 2.49. The van der Waals surface area contributed by atoms with Crippen LogP contribution in [0.5, 0.6) is 0 Å². The van der Waals surface area contributed by atoms with Gasteiger partial charge in [0.15, 0.2) is 0 Å². The maximum atomic E-state index is 5.93. The summed E-state index contributed by atoms with van der Waals surface area (Å²) in [6.07, 6.45) is 6.66. The van der Waals surface area contributed by atoms with Gasteiger partial charge in [-0.05, 0) is 44.6 Å². The number of hydrogen-bond acceptors (Lipinski definition) is 2. The van der Waals surface area contributed by atoms with E-state index < -0.39 is 0 Å². The number of hydrogen-bond donors (Lipinski definition) is 1. The molecule has 0 amide bonds. The summed E-state index contributed by atoms with van der Waals surface area (Å²) in [4.78, 5) is 2.57. The van der Waals surface area contributed by atoms with Crippen LogP contribution in [-0.4, -0.2) is 30.6 Å². The van der Waals surface area contributed by atoms with Gasteiger partial charge in [-0.15, -0.1) is 0 Å². The monoisotopic (exact) mass is 226 g/mol. The van der Waals surface area contributed by atoms with E-state index in [2.05, 4.69) is 32.7 Å². The largest absolute Gasteiger partial charge is 0.329 e. The highest BCUT2D eigenvalue weighted by molar-refractivity contribution is 4.90. The number of rotatable bonds is 8. The van der Waals surface area contributed by atoms with Crippen molar-refractivity contribution in [2.24, 2.45) is 17.6 Å². The molecule has 0 aromatic rings. The van der Waals surface area contributed by atoms with Crippen molar-refractivity contribution in [3.05, 3.63) is 0 Å². The van der Waals surface area contributed by atoms with Gasteiger partial charge in [-0.3, -0.25) is 4.90 Å². The zero-order valence-corrected chi connectivity index (χ0v) is 11.6. The molecule has 0 heterocycles. The second-order valence-corrected chi connectivity index (χ2v) is 5.62. The fourth-order valence-electron chi connectivity index (χ4n) is 2.70. The van der Waals surface area contributed by atoms with Crippen molar-refractivity contribution in [1.82, 2.24) is 4.90 Å². The SMILES string of the molecule is CCC(C)CC(CC)N(C)C(CN)C1CC1. The molecule has 1 aliphatic carbocycles. The van der Waals surface area contributed by atoms with E-state index in [9.17, 15) is 0 Å². The van der Waals surface area contributed by atoms with E-state index in [-0.39, 0.29) is 0 Å². The van der Waals surface area contributed by atoms with Gasteiger partial charge in [0.1, 0.15) is 0 Å². The molecule has 1 rings (SSSR count). The van der Waals surface area contributed by atoms with E-state index in [0.717, 1.165) is 24.4 Å².